The Morgan fingerprint density at radius 1 is 1.09 bits per heavy atom. The number of anilines is 2. The highest BCUT2D eigenvalue weighted by Gasteiger charge is 2.15. The second-order valence-electron chi connectivity index (χ2n) is 4.34. The largest absolute Gasteiger partial charge is 0.323 e. The molecule has 114 valence electrons. The van der Waals surface area contributed by atoms with Gasteiger partial charge in [0.1, 0.15) is 0 Å². The van der Waals surface area contributed by atoms with E-state index < -0.39 is 10.0 Å². The fourth-order valence-electron chi connectivity index (χ4n) is 1.67. The highest BCUT2D eigenvalue weighted by molar-refractivity contribution is 7.92. The molecule has 1 amide bonds. The van der Waals surface area contributed by atoms with Gasteiger partial charge in [-0.15, -0.1) is 12.6 Å². The van der Waals surface area contributed by atoms with Gasteiger partial charge in [0.2, 0.25) is 5.91 Å². The van der Waals surface area contributed by atoms with E-state index in [4.69, 9.17) is 0 Å². The second kappa shape index (κ2) is 6.67. The zero-order valence-corrected chi connectivity index (χ0v) is 13.2. The molecule has 7 heteroatoms. The van der Waals surface area contributed by atoms with Crippen LogP contribution in [0.4, 0.5) is 11.4 Å². The maximum absolute atomic E-state index is 12.3. The van der Waals surface area contributed by atoms with Crippen molar-refractivity contribution in [1.29, 1.82) is 0 Å². The van der Waals surface area contributed by atoms with Crippen LogP contribution in [0, 0.1) is 0 Å². The number of hydrogen-bond acceptors (Lipinski definition) is 4. The number of benzene rings is 2. The van der Waals surface area contributed by atoms with Gasteiger partial charge < -0.3 is 5.32 Å². The van der Waals surface area contributed by atoms with Crippen LogP contribution in [0.3, 0.4) is 0 Å². The summed E-state index contributed by atoms with van der Waals surface area (Å²) in [5.41, 5.74) is 0.883. The summed E-state index contributed by atoms with van der Waals surface area (Å²) in [6.07, 6.45) is 1.13. The minimum absolute atomic E-state index is 0.0840. The number of para-hydroxylation sites is 1. The molecule has 0 saturated heterocycles. The number of amides is 1. The van der Waals surface area contributed by atoms with Gasteiger partial charge in [0.05, 0.1) is 10.6 Å². The van der Waals surface area contributed by atoms with Gasteiger partial charge in [-0.1, -0.05) is 18.7 Å². The zero-order chi connectivity index (χ0) is 16.2. The Labute approximate surface area is 134 Å². The van der Waals surface area contributed by atoms with Crippen molar-refractivity contribution >= 4 is 39.9 Å². The predicted octanol–water partition coefficient (Wildman–Crippen LogP) is 2.90. The van der Waals surface area contributed by atoms with Crippen molar-refractivity contribution in [2.45, 2.75) is 9.79 Å². The Morgan fingerprint density at radius 2 is 1.73 bits per heavy atom. The van der Waals surface area contributed by atoms with E-state index in [1.807, 2.05) is 0 Å². The Balaban J connectivity index is 2.21. The van der Waals surface area contributed by atoms with Gasteiger partial charge in [0.15, 0.2) is 0 Å². The average molecular weight is 334 g/mol. The molecule has 0 unspecified atom stereocenters. The molecule has 0 fully saturated rings. The van der Waals surface area contributed by atoms with Gasteiger partial charge in [-0.25, -0.2) is 8.42 Å². The summed E-state index contributed by atoms with van der Waals surface area (Å²) >= 11 is 4.20. The highest BCUT2D eigenvalue weighted by atomic mass is 32.2. The molecular formula is C15H14N2O3S2. The van der Waals surface area contributed by atoms with Crippen molar-refractivity contribution in [3.05, 3.63) is 61.2 Å². The molecule has 0 atom stereocenters. The molecule has 0 aliphatic heterocycles. The van der Waals surface area contributed by atoms with E-state index in [1.54, 1.807) is 24.3 Å². The number of carbonyl (C=O) groups is 1. The third-order valence-electron chi connectivity index (χ3n) is 2.77. The lowest BCUT2D eigenvalue weighted by molar-refractivity contribution is -0.111. The molecule has 22 heavy (non-hydrogen) atoms. The molecule has 5 nitrogen and oxygen atoms in total. The molecule has 0 bridgehead atoms. The van der Waals surface area contributed by atoms with Crippen LogP contribution in [0.1, 0.15) is 0 Å². The van der Waals surface area contributed by atoms with Crippen LogP contribution < -0.4 is 10.0 Å². The fourth-order valence-corrected chi connectivity index (χ4v) is 3.05. The van der Waals surface area contributed by atoms with Crippen molar-refractivity contribution in [3.8, 4) is 0 Å². The molecule has 0 aromatic heterocycles. The smallest absolute Gasteiger partial charge is 0.261 e. The Morgan fingerprint density at radius 3 is 2.32 bits per heavy atom. The average Bonchev–Trinajstić information content (AvgIpc) is 2.50. The second-order valence-corrected chi connectivity index (χ2v) is 6.50. The van der Waals surface area contributed by atoms with E-state index in [-0.39, 0.29) is 10.8 Å². The Kier molecular flexibility index (Phi) is 4.89. The molecule has 0 aliphatic rings. The number of nitrogens with one attached hydrogen (secondary N) is 2. The normalized spacial score (nSPS) is 10.8. The van der Waals surface area contributed by atoms with Gasteiger partial charge in [-0.05, 0) is 42.5 Å². The molecule has 0 aliphatic carbocycles. The lowest BCUT2D eigenvalue weighted by Gasteiger charge is -2.10. The maximum atomic E-state index is 12.3. The van der Waals surface area contributed by atoms with E-state index in [2.05, 4.69) is 29.2 Å². The quantitative estimate of drug-likeness (QED) is 0.581. The summed E-state index contributed by atoms with van der Waals surface area (Å²) in [5, 5.41) is 2.54. The molecule has 2 N–H and O–H groups in total. The van der Waals surface area contributed by atoms with Gasteiger partial charge >= 0.3 is 0 Å². The van der Waals surface area contributed by atoms with Gasteiger partial charge in [0, 0.05) is 10.6 Å². The van der Waals surface area contributed by atoms with Crippen LogP contribution in [0.2, 0.25) is 0 Å². The Hall–Kier alpha value is -2.25. The molecular weight excluding hydrogens is 320 g/mol. The highest BCUT2D eigenvalue weighted by Crippen LogP contribution is 2.23. The molecule has 0 heterocycles. The van der Waals surface area contributed by atoms with Crippen LogP contribution in [-0.2, 0) is 14.8 Å². The maximum Gasteiger partial charge on any atom is 0.261 e. The monoisotopic (exact) mass is 334 g/mol. The van der Waals surface area contributed by atoms with Gasteiger partial charge in [-0.2, -0.15) is 0 Å². The van der Waals surface area contributed by atoms with Crippen molar-refractivity contribution in [2.24, 2.45) is 0 Å². The number of carbonyl (C=O) groups excluding carboxylic acids is 1. The lowest BCUT2D eigenvalue weighted by atomic mass is 10.3. The molecule has 0 spiro atoms. The number of thiol groups is 1. The summed E-state index contributed by atoms with van der Waals surface area (Å²) in [6.45, 7) is 3.34. The third-order valence-corrected chi connectivity index (χ3v) is 4.54. The number of hydrogen-bond donors (Lipinski definition) is 3. The SMILES string of the molecule is C=CC(=O)Nc1ccc(S(=O)(=O)Nc2ccccc2S)cc1. The first-order valence-corrected chi connectivity index (χ1v) is 8.20. The molecule has 2 aromatic rings. The minimum atomic E-state index is -3.72. The van der Waals surface area contributed by atoms with Crippen LogP contribution in [0.15, 0.2) is 71.0 Å². The van der Waals surface area contributed by atoms with Crippen molar-refractivity contribution in [1.82, 2.24) is 0 Å². The number of sulfonamides is 1. The fraction of sp³-hybridized carbons (Fsp3) is 0. The molecule has 2 rings (SSSR count). The van der Waals surface area contributed by atoms with E-state index >= 15 is 0 Å². The standard InChI is InChI=1S/C15H14N2O3S2/c1-2-15(18)16-11-7-9-12(10-8-11)22(19,20)17-13-5-3-4-6-14(13)21/h2-10,17,21H,1H2,(H,16,18). The van der Waals surface area contributed by atoms with E-state index in [9.17, 15) is 13.2 Å². The van der Waals surface area contributed by atoms with Crippen LogP contribution in [0.25, 0.3) is 0 Å². The molecule has 2 aromatic carbocycles. The summed E-state index contributed by atoms with van der Waals surface area (Å²) in [6, 6.07) is 12.6. The zero-order valence-electron chi connectivity index (χ0n) is 11.5. The van der Waals surface area contributed by atoms with Gasteiger partial charge in [-0.3, -0.25) is 9.52 Å². The topological polar surface area (TPSA) is 75.3 Å². The molecule has 0 radical (unpaired) electrons. The summed E-state index contributed by atoms with van der Waals surface area (Å²) < 4.78 is 27.1. The number of rotatable bonds is 5. The van der Waals surface area contributed by atoms with Crippen molar-refractivity contribution in [3.63, 3.8) is 0 Å². The van der Waals surface area contributed by atoms with Crippen LogP contribution in [0.5, 0.6) is 0 Å². The summed E-state index contributed by atoms with van der Waals surface area (Å²) in [4.78, 5) is 11.8. The summed E-state index contributed by atoms with van der Waals surface area (Å²) in [5.74, 6) is -0.363. The Bertz CT molecular complexity index is 800. The van der Waals surface area contributed by atoms with Crippen LogP contribution >= 0.6 is 12.6 Å². The lowest BCUT2D eigenvalue weighted by Crippen LogP contribution is -2.13. The summed E-state index contributed by atoms with van der Waals surface area (Å²) in [7, 11) is -3.72. The predicted molar refractivity (Wildman–Crippen MR) is 89.8 cm³/mol. The van der Waals surface area contributed by atoms with Crippen molar-refractivity contribution < 1.29 is 13.2 Å². The molecule has 0 saturated carbocycles. The minimum Gasteiger partial charge on any atom is -0.323 e. The van der Waals surface area contributed by atoms with E-state index in [0.717, 1.165) is 6.08 Å². The van der Waals surface area contributed by atoms with Crippen LogP contribution in [-0.4, -0.2) is 14.3 Å². The third kappa shape index (κ3) is 3.90. The first-order valence-electron chi connectivity index (χ1n) is 6.26. The first-order chi connectivity index (χ1) is 10.4. The van der Waals surface area contributed by atoms with E-state index in [1.165, 1.54) is 24.3 Å². The van der Waals surface area contributed by atoms with Gasteiger partial charge in [0.25, 0.3) is 10.0 Å². The van der Waals surface area contributed by atoms with E-state index in [0.29, 0.717) is 16.3 Å². The van der Waals surface area contributed by atoms with Crippen molar-refractivity contribution in [2.75, 3.05) is 10.0 Å². The first kappa shape index (κ1) is 16.1.